The molecule has 1 aromatic carbocycles. The van der Waals surface area contributed by atoms with Gasteiger partial charge in [0.15, 0.2) is 0 Å². The van der Waals surface area contributed by atoms with Gasteiger partial charge in [-0.05, 0) is 37.0 Å². The van der Waals surface area contributed by atoms with Gasteiger partial charge in [0.1, 0.15) is 11.9 Å². The van der Waals surface area contributed by atoms with E-state index >= 15 is 0 Å². The van der Waals surface area contributed by atoms with E-state index in [2.05, 4.69) is 17.6 Å². The fourth-order valence-electron chi connectivity index (χ4n) is 2.32. The predicted octanol–water partition coefficient (Wildman–Crippen LogP) is 4.09. The second-order valence-electron chi connectivity index (χ2n) is 6.19. The molecule has 0 saturated heterocycles. The summed E-state index contributed by atoms with van der Waals surface area (Å²) in [6, 6.07) is 7.51. The molecule has 0 spiro atoms. The number of amides is 2. The second kappa shape index (κ2) is 12.3. The van der Waals surface area contributed by atoms with Crippen LogP contribution in [0.3, 0.4) is 0 Å². The Morgan fingerprint density at radius 3 is 1.84 bits per heavy atom. The van der Waals surface area contributed by atoms with Crippen molar-refractivity contribution in [3.05, 3.63) is 29.8 Å². The van der Waals surface area contributed by atoms with Crippen LogP contribution in [0.4, 0.5) is 0 Å². The molecule has 0 atom stereocenters. The van der Waals surface area contributed by atoms with Crippen LogP contribution in [-0.2, 0) is 9.59 Å². The van der Waals surface area contributed by atoms with Gasteiger partial charge in [-0.2, -0.15) is 0 Å². The van der Waals surface area contributed by atoms with Gasteiger partial charge in [-0.1, -0.05) is 45.7 Å². The average molecular weight is 348 g/mol. The molecule has 0 heterocycles. The van der Waals surface area contributed by atoms with Gasteiger partial charge in [-0.3, -0.25) is 9.59 Å². The number of carbonyl (C=O) groups is 2. The number of hydrogen-bond donors (Lipinski definition) is 2. The lowest BCUT2D eigenvalue weighted by Gasteiger charge is -2.21. The number of ether oxygens (including phenoxy) is 1. The Morgan fingerprint density at radius 1 is 0.880 bits per heavy atom. The molecule has 140 valence electrons. The molecular formula is C20H32N2O3. The summed E-state index contributed by atoms with van der Waals surface area (Å²) in [4.78, 5) is 24.2. The van der Waals surface area contributed by atoms with Crippen LogP contribution in [0.5, 0.6) is 5.75 Å². The molecule has 5 nitrogen and oxygen atoms in total. The Labute approximate surface area is 151 Å². The highest BCUT2D eigenvalue weighted by atomic mass is 16.5. The molecule has 0 aromatic heterocycles. The molecule has 1 rings (SSSR count). The molecule has 2 N–H and O–H groups in total. The zero-order valence-corrected chi connectivity index (χ0v) is 15.8. The number of hydrogen-bond acceptors (Lipinski definition) is 3. The van der Waals surface area contributed by atoms with Crippen LogP contribution >= 0.6 is 0 Å². The van der Waals surface area contributed by atoms with Gasteiger partial charge >= 0.3 is 0 Å². The minimum atomic E-state index is -0.506. The number of carbonyl (C=O) groups excluding carboxylic acids is 2. The number of unbranched alkanes of at least 4 members (excludes halogenated alkanes) is 2. The van der Waals surface area contributed by atoms with Crippen LogP contribution < -0.4 is 15.4 Å². The summed E-state index contributed by atoms with van der Waals surface area (Å²) in [6.07, 6.45) is 4.98. The van der Waals surface area contributed by atoms with Crippen molar-refractivity contribution in [1.82, 2.24) is 10.6 Å². The van der Waals surface area contributed by atoms with Gasteiger partial charge in [0.25, 0.3) is 0 Å². The number of benzene rings is 1. The Bertz CT molecular complexity index is 492. The van der Waals surface area contributed by atoms with E-state index in [0.29, 0.717) is 19.4 Å². The summed E-state index contributed by atoms with van der Waals surface area (Å²) in [5, 5.41) is 5.85. The maximum atomic E-state index is 12.1. The first-order chi connectivity index (χ1) is 12.1. The van der Waals surface area contributed by atoms with Gasteiger partial charge < -0.3 is 15.4 Å². The first kappa shape index (κ1) is 21.0. The van der Waals surface area contributed by atoms with Gasteiger partial charge in [0, 0.05) is 12.8 Å². The van der Waals surface area contributed by atoms with Crippen molar-refractivity contribution < 1.29 is 14.3 Å². The van der Waals surface area contributed by atoms with Crippen LogP contribution in [-0.4, -0.2) is 18.4 Å². The lowest BCUT2D eigenvalue weighted by Crippen LogP contribution is -2.41. The number of rotatable bonds is 12. The first-order valence-corrected chi connectivity index (χ1v) is 9.42. The van der Waals surface area contributed by atoms with E-state index in [-0.39, 0.29) is 11.8 Å². The van der Waals surface area contributed by atoms with E-state index in [1.54, 1.807) is 0 Å². The van der Waals surface area contributed by atoms with E-state index in [4.69, 9.17) is 4.74 Å². The van der Waals surface area contributed by atoms with Gasteiger partial charge in [0.2, 0.25) is 11.8 Å². The molecule has 0 saturated carbocycles. The second-order valence-corrected chi connectivity index (χ2v) is 6.19. The zero-order valence-electron chi connectivity index (χ0n) is 15.8. The maximum Gasteiger partial charge on any atom is 0.221 e. The smallest absolute Gasteiger partial charge is 0.221 e. The fourth-order valence-corrected chi connectivity index (χ4v) is 2.32. The highest BCUT2D eigenvalue weighted by Crippen LogP contribution is 2.17. The topological polar surface area (TPSA) is 67.4 Å². The third-order valence-corrected chi connectivity index (χ3v) is 3.81. The van der Waals surface area contributed by atoms with Crippen molar-refractivity contribution in [3.63, 3.8) is 0 Å². The molecule has 5 heteroatoms. The van der Waals surface area contributed by atoms with E-state index in [1.165, 1.54) is 0 Å². The molecular weight excluding hydrogens is 316 g/mol. The van der Waals surface area contributed by atoms with E-state index in [9.17, 15) is 9.59 Å². The van der Waals surface area contributed by atoms with Gasteiger partial charge in [-0.15, -0.1) is 0 Å². The van der Waals surface area contributed by atoms with Gasteiger partial charge in [-0.25, -0.2) is 0 Å². The Balaban J connectivity index is 2.77. The summed E-state index contributed by atoms with van der Waals surface area (Å²) >= 11 is 0. The summed E-state index contributed by atoms with van der Waals surface area (Å²) in [5.74, 6) is 0.696. The van der Waals surface area contributed by atoms with Crippen molar-refractivity contribution in [2.45, 2.75) is 71.9 Å². The van der Waals surface area contributed by atoms with Crippen LogP contribution in [0.2, 0.25) is 0 Å². The van der Waals surface area contributed by atoms with E-state index in [0.717, 1.165) is 43.4 Å². The quantitative estimate of drug-likeness (QED) is 0.559. The lowest BCUT2D eigenvalue weighted by molar-refractivity contribution is -0.124. The minimum absolute atomic E-state index is 0.0473. The molecule has 0 unspecified atom stereocenters. The zero-order chi connectivity index (χ0) is 18.5. The maximum absolute atomic E-state index is 12.1. The van der Waals surface area contributed by atoms with Gasteiger partial charge in [0.05, 0.1) is 6.61 Å². The molecule has 0 fully saturated rings. The molecule has 0 radical (unpaired) electrons. The van der Waals surface area contributed by atoms with Crippen molar-refractivity contribution in [3.8, 4) is 5.75 Å². The van der Waals surface area contributed by atoms with Crippen LogP contribution in [0.25, 0.3) is 0 Å². The molecule has 0 bridgehead atoms. The minimum Gasteiger partial charge on any atom is -0.494 e. The molecule has 2 amide bonds. The third-order valence-electron chi connectivity index (χ3n) is 3.81. The summed E-state index contributed by atoms with van der Waals surface area (Å²) < 4.78 is 5.58. The molecule has 0 aliphatic heterocycles. The Kier molecular flexibility index (Phi) is 10.4. The average Bonchev–Trinajstić information content (AvgIpc) is 2.62. The lowest BCUT2D eigenvalue weighted by atomic mass is 10.1. The highest BCUT2D eigenvalue weighted by Gasteiger charge is 2.17. The normalized spacial score (nSPS) is 10.6. The van der Waals surface area contributed by atoms with Crippen LogP contribution in [0.1, 0.15) is 77.4 Å². The Hall–Kier alpha value is -2.04. The molecule has 1 aromatic rings. The largest absolute Gasteiger partial charge is 0.494 e. The summed E-state index contributed by atoms with van der Waals surface area (Å²) in [7, 11) is 0. The molecule has 25 heavy (non-hydrogen) atoms. The van der Waals surface area contributed by atoms with Crippen molar-refractivity contribution in [2.75, 3.05) is 6.61 Å². The first-order valence-electron chi connectivity index (χ1n) is 9.42. The SMILES string of the molecule is CCCCC(=O)NC(NC(=O)CCCC)c1ccc(OCCC)cc1. The fraction of sp³-hybridized carbons (Fsp3) is 0.600. The number of nitrogens with one attached hydrogen (secondary N) is 2. The predicted molar refractivity (Wildman–Crippen MR) is 100 cm³/mol. The summed E-state index contributed by atoms with van der Waals surface area (Å²) in [5.41, 5.74) is 0.846. The standard InChI is InChI=1S/C20H32N2O3/c1-4-7-9-18(23)21-20(22-19(24)10-8-5-2)16-11-13-17(14-12-16)25-15-6-3/h11-14,20H,4-10,15H2,1-3H3,(H,21,23)(H,22,24). The van der Waals surface area contributed by atoms with Crippen molar-refractivity contribution in [2.24, 2.45) is 0 Å². The molecule has 0 aliphatic carbocycles. The van der Waals surface area contributed by atoms with Crippen molar-refractivity contribution in [1.29, 1.82) is 0 Å². The monoisotopic (exact) mass is 348 g/mol. The van der Waals surface area contributed by atoms with E-state index < -0.39 is 6.17 Å². The van der Waals surface area contributed by atoms with Crippen LogP contribution in [0, 0.1) is 0 Å². The van der Waals surface area contributed by atoms with Crippen LogP contribution in [0.15, 0.2) is 24.3 Å². The third kappa shape index (κ3) is 8.57. The molecule has 0 aliphatic rings. The Morgan fingerprint density at radius 2 is 1.40 bits per heavy atom. The van der Waals surface area contributed by atoms with Crippen molar-refractivity contribution >= 4 is 11.8 Å². The highest BCUT2D eigenvalue weighted by molar-refractivity contribution is 5.79. The van der Waals surface area contributed by atoms with E-state index in [1.807, 2.05) is 38.1 Å². The summed E-state index contributed by atoms with van der Waals surface area (Å²) in [6.45, 7) is 6.82.